The predicted molar refractivity (Wildman–Crippen MR) is 107 cm³/mol. The van der Waals surface area contributed by atoms with Crippen molar-refractivity contribution in [3.8, 4) is 0 Å². The molecule has 1 saturated heterocycles. The van der Waals surface area contributed by atoms with Crippen molar-refractivity contribution in [3.63, 3.8) is 0 Å². The Morgan fingerprint density at radius 2 is 1.88 bits per heavy atom. The summed E-state index contributed by atoms with van der Waals surface area (Å²) in [6.45, 7) is 2.46. The number of carbonyl (C=O) groups is 1. The van der Waals surface area contributed by atoms with Crippen LogP contribution in [-0.4, -0.2) is 41.3 Å². The van der Waals surface area contributed by atoms with E-state index in [0.717, 1.165) is 13.0 Å². The number of halogens is 6. The van der Waals surface area contributed by atoms with Crippen molar-refractivity contribution in [1.82, 2.24) is 15.3 Å². The maximum absolute atomic E-state index is 14.4. The molecule has 2 N–H and O–H groups in total. The van der Waals surface area contributed by atoms with Gasteiger partial charge in [0.15, 0.2) is 6.29 Å². The smallest absolute Gasteiger partial charge is 0.365 e. The fourth-order valence-electron chi connectivity index (χ4n) is 3.29. The largest absolute Gasteiger partial charge is 0.408 e. The SMILES string of the molecule is Cc1nc(CC(=O)NC(C)C(F)(F)F)c(C2OCCO2)c(NCc2cccc(C(F)F)c2F)n1. The van der Waals surface area contributed by atoms with Crippen LogP contribution < -0.4 is 10.6 Å². The topological polar surface area (TPSA) is 85.4 Å². The third kappa shape index (κ3) is 6.14. The number of ether oxygens (including phenoxy) is 2. The average Bonchev–Trinajstić information content (AvgIpc) is 3.26. The molecule has 1 amide bonds. The van der Waals surface area contributed by atoms with Crippen molar-refractivity contribution in [2.45, 2.75) is 51.7 Å². The number of nitrogens with zero attached hydrogens (tertiary/aromatic N) is 2. The molecule has 13 heteroatoms. The Kier molecular flexibility index (Phi) is 7.97. The van der Waals surface area contributed by atoms with Gasteiger partial charge in [-0.05, 0) is 13.8 Å². The van der Waals surface area contributed by atoms with Gasteiger partial charge in [-0.15, -0.1) is 0 Å². The van der Waals surface area contributed by atoms with Gasteiger partial charge >= 0.3 is 6.18 Å². The van der Waals surface area contributed by atoms with E-state index in [2.05, 4.69) is 15.3 Å². The summed E-state index contributed by atoms with van der Waals surface area (Å²) in [7, 11) is 0. The van der Waals surface area contributed by atoms with E-state index in [0.29, 0.717) is 0 Å². The van der Waals surface area contributed by atoms with Crippen molar-refractivity contribution < 1.29 is 40.6 Å². The summed E-state index contributed by atoms with van der Waals surface area (Å²) in [6.07, 6.45) is -9.18. The minimum Gasteiger partial charge on any atom is -0.365 e. The zero-order valence-corrected chi connectivity index (χ0v) is 18.2. The first kappa shape index (κ1) is 25.7. The number of anilines is 1. The van der Waals surface area contributed by atoms with Crippen LogP contribution >= 0.6 is 0 Å². The fourth-order valence-corrected chi connectivity index (χ4v) is 3.29. The molecule has 1 atom stereocenters. The first-order chi connectivity index (χ1) is 16.0. The lowest BCUT2D eigenvalue weighted by Gasteiger charge is -2.21. The quantitative estimate of drug-likeness (QED) is 0.540. The van der Waals surface area contributed by atoms with Crippen molar-refractivity contribution in [2.75, 3.05) is 18.5 Å². The van der Waals surface area contributed by atoms with Gasteiger partial charge < -0.3 is 20.1 Å². The van der Waals surface area contributed by atoms with Crippen molar-refractivity contribution in [3.05, 3.63) is 52.2 Å². The van der Waals surface area contributed by atoms with E-state index in [4.69, 9.17) is 9.47 Å². The van der Waals surface area contributed by atoms with Crippen LogP contribution in [0.2, 0.25) is 0 Å². The lowest BCUT2D eigenvalue weighted by Crippen LogP contribution is -2.43. The molecule has 0 aliphatic carbocycles. The molecule has 2 heterocycles. The second-order valence-corrected chi connectivity index (χ2v) is 7.54. The Morgan fingerprint density at radius 3 is 2.50 bits per heavy atom. The number of benzene rings is 1. The van der Waals surface area contributed by atoms with Crippen LogP contribution in [0.5, 0.6) is 0 Å². The fraction of sp³-hybridized carbons (Fsp3) is 0.476. The number of aryl methyl sites for hydroxylation is 1. The number of nitrogens with one attached hydrogen (secondary N) is 2. The molecule has 1 aliphatic rings. The third-order valence-corrected chi connectivity index (χ3v) is 4.98. The highest BCUT2D eigenvalue weighted by Crippen LogP contribution is 2.32. The molecular formula is C21H22F6N4O3. The molecule has 0 radical (unpaired) electrons. The lowest BCUT2D eigenvalue weighted by molar-refractivity contribution is -0.157. The number of carbonyl (C=O) groups excluding carboxylic acids is 1. The summed E-state index contributed by atoms with van der Waals surface area (Å²) < 4.78 is 89.8. The molecule has 7 nitrogen and oxygen atoms in total. The molecule has 2 aromatic rings. The number of hydrogen-bond acceptors (Lipinski definition) is 6. The standard InChI is InChI=1S/C21H22F6N4O3/c1-10(21(25,26)27)29-15(32)8-14-16(20-33-6-7-34-20)19(31-11(2)30-14)28-9-12-4-3-5-13(17(12)22)18(23)24/h3-5,10,18,20H,6-9H2,1-2H3,(H,29,32)(H,28,30,31). The molecule has 186 valence electrons. The summed E-state index contributed by atoms with van der Waals surface area (Å²) >= 11 is 0. The summed E-state index contributed by atoms with van der Waals surface area (Å²) in [4.78, 5) is 20.7. The maximum atomic E-state index is 14.4. The number of amides is 1. The van der Waals surface area contributed by atoms with Gasteiger partial charge in [0.25, 0.3) is 6.43 Å². The monoisotopic (exact) mass is 492 g/mol. The summed E-state index contributed by atoms with van der Waals surface area (Å²) in [6, 6.07) is 1.50. The second-order valence-electron chi connectivity index (χ2n) is 7.54. The van der Waals surface area contributed by atoms with E-state index >= 15 is 0 Å². The van der Waals surface area contributed by atoms with Gasteiger partial charge in [-0.3, -0.25) is 4.79 Å². The third-order valence-electron chi connectivity index (χ3n) is 4.98. The Morgan fingerprint density at radius 1 is 1.21 bits per heavy atom. The number of alkyl halides is 5. The molecule has 1 aromatic heterocycles. The molecule has 0 spiro atoms. The minimum atomic E-state index is -4.62. The van der Waals surface area contributed by atoms with E-state index in [-0.39, 0.29) is 48.2 Å². The van der Waals surface area contributed by atoms with Crippen LogP contribution in [0.1, 0.15) is 47.8 Å². The van der Waals surface area contributed by atoms with Crippen LogP contribution in [0.3, 0.4) is 0 Å². The van der Waals surface area contributed by atoms with Crippen LogP contribution in [0.15, 0.2) is 18.2 Å². The molecular weight excluding hydrogens is 470 g/mol. The van der Waals surface area contributed by atoms with Gasteiger partial charge in [0.05, 0.1) is 36.5 Å². The summed E-state index contributed by atoms with van der Waals surface area (Å²) in [5.41, 5.74) is -0.609. The van der Waals surface area contributed by atoms with Crippen molar-refractivity contribution >= 4 is 11.7 Å². The van der Waals surface area contributed by atoms with Gasteiger partial charge in [0, 0.05) is 12.1 Å². The normalized spacial score (nSPS) is 15.6. The van der Waals surface area contributed by atoms with Crippen LogP contribution in [0.4, 0.5) is 32.2 Å². The molecule has 0 bridgehead atoms. The lowest BCUT2D eigenvalue weighted by atomic mass is 10.1. The highest BCUT2D eigenvalue weighted by Gasteiger charge is 2.37. The Bertz CT molecular complexity index is 1030. The van der Waals surface area contributed by atoms with Crippen molar-refractivity contribution in [2.24, 2.45) is 0 Å². The number of hydrogen-bond donors (Lipinski definition) is 2. The number of rotatable bonds is 8. The zero-order chi connectivity index (χ0) is 25.0. The van der Waals surface area contributed by atoms with E-state index in [1.807, 2.05) is 5.32 Å². The van der Waals surface area contributed by atoms with Crippen LogP contribution in [0, 0.1) is 12.7 Å². The Labute approximate surface area is 190 Å². The van der Waals surface area contributed by atoms with Gasteiger partial charge in [0.2, 0.25) is 5.91 Å². The van der Waals surface area contributed by atoms with E-state index in [1.165, 1.54) is 19.1 Å². The zero-order valence-electron chi connectivity index (χ0n) is 18.2. The molecule has 1 aliphatic heterocycles. The molecule has 1 fully saturated rings. The van der Waals surface area contributed by atoms with Crippen molar-refractivity contribution in [1.29, 1.82) is 0 Å². The maximum Gasteiger partial charge on any atom is 0.408 e. The number of aromatic nitrogens is 2. The first-order valence-electron chi connectivity index (χ1n) is 10.2. The van der Waals surface area contributed by atoms with Gasteiger partial charge in [-0.2, -0.15) is 13.2 Å². The van der Waals surface area contributed by atoms with Crippen LogP contribution in [0.25, 0.3) is 0 Å². The van der Waals surface area contributed by atoms with E-state index in [9.17, 15) is 31.1 Å². The molecule has 3 rings (SSSR count). The van der Waals surface area contributed by atoms with E-state index in [1.54, 1.807) is 0 Å². The Balaban J connectivity index is 1.90. The van der Waals surface area contributed by atoms with Gasteiger partial charge in [-0.25, -0.2) is 23.1 Å². The van der Waals surface area contributed by atoms with Gasteiger partial charge in [-0.1, -0.05) is 18.2 Å². The molecule has 1 aromatic carbocycles. The molecule has 34 heavy (non-hydrogen) atoms. The predicted octanol–water partition coefficient (Wildman–Crippen LogP) is 4.13. The molecule has 0 saturated carbocycles. The van der Waals surface area contributed by atoms with E-state index < -0.39 is 48.6 Å². The molecule has 1 unspecified atom stereocenters. The minimum absolute atomic E-state index is 0.0515. The summed E-state index contributed by atoms with van der Waals surface area (Å²) in [5.74, 6) is -1.78. The second kappa shape index (κ2) is 10.6. The highest BCUT2D eigenvalue weighted by molar-refractivity contribution is 5.79. The Hall–Kier alpha value is -2.93. The average molecular weight is 492 g/mol. The van der Waals surface area contributed by atoms with Crippen LogP contribution in [-0.2, 0) is 27.2 Å². The van der Waals surface area contributed by atoms with Gasteiger partial charge in [0.1, 0.15) is 23.5 Å². The first-order valence-corrected chi connectivity index (χ1v) is 10.2. The summed E-state index contributed by atoms with van der Waals surface area (Å²) in [5, 5.41) is 4.69. The highest BCUT2D eigenvalue weighted by atomic mass is 19.4.